The molecule has 1 atom stereocenters. The van der Waals surface area contributed by atoms with Gasteiger partial charge in [-0.3, -0.25) is 4.74 Å². The van der Waals surface area contributed by atoms with E-state index in [1.165, 1.54) is 31.6 Å². The number of alkyl halides is 3. The zero-order valence-electron chi connectivity index (χ0n) is 6.43. The maximum absolute atomic E-state index is 11.8. The number of hydrogen-bond acceptors (Lipinski definition) is 1. The summed E-state index contributed by atoms with van der Waals surface area (Å²) in [6, 6.07) is 0. The maximum atomic E-state index is 11.8. The highest BCUT2D eigenvalue weighted by atomic mass is 19.4. The van der Waals surface area contributed by atoms with Crippen LogP contribution >= 0.6 is 0 Å². The number of hydrogen-bond donors (Lipinski definition) is 0. The Morgan fingerprint density at radius 1 is 1.17 bits per heavy atom. The molecule has 0 fully saturated rings. The zero-order valence-corrected chi connectivity index (χ0v) is 6.43. The fourth-order valence-corrected chi connectivity index (χ4v) is 0.930. The molecule has 4 heteroatoms. The quantitative estimate of drug-likeness (QED) is 0.598. The van der Waals surface area contributed by atoms with Gasteiger partial charge in [0.25, 0.3) is 0 Å². The van der Waals surface area contributed by atoms with E-state index in [4.69, 9.17) is 0 Å². The lowest BCUT2D eigenvalue weighted by Gasteiger charge is -2.27. The van der Waals surface area contributed by atoms with Crippen LogP contribution in [0.5, 0.6) is 0 Å². The van der Waals surface area contributed by atoms with Crippen molar-refractivity contribution in [2.24, 2.45) is 0 Å². The predicted molar refractivity (Wildman–Crippen MR) is 38.1 cm³/mol. The van der Waals surface area contributed by atoms with E-state index in [0.717, 1.165) is 0 Å². The second kappa shape index (κ2) is 2.94. The van der Waals surface area contributed by atoms with Crippen LogP contribution in [0, 0.1) is 6.42 Å². The van der Waals surface area contributed by atoms with Gasteiger partial charge in [-0.15, -0.1) is 13.2 Å². The van der Waals surface area contributed by atoms with Crippen LogP contribution in [-0.2, 0) is 4.74 Å². The lowest BCUT2D eigenvalue weighted by Crippen LogP contribution is -2.34. The average molecular weight is 177 g/mol. The summed E-state index contributed by atoms with van der Waals surface area (Å²) >= 11 is 0. The van der Waals surface area contributed by atoms with E-state index in [1.807, 2.05) is 0 Å². The van der Waals surface area contributed by atoms with Gasteiger partial charge in [0.1, 0.15) is 5.60 Å². The second-order valence-electron chi connectivity index (χ2n) is 2.64. The van der Waals surface area contributed by atoms with Crippen LogP contribution in [0.3, 0.4) is 0 Å². The first-order valence-corrected chi connectivity index (χ1v) is 3.39. The molecule has 1 unspecified atom stereocenters. The lowest BCUT2D eigenvalue weighted by molar-refractivity contribution is -0.349. The lowest BCUT2D eigenvalue weighted by atomic mass is 9.98. The smallest absolute Gasteiger partial charge is 0.281 e. The topological polar surface area (TPSA) is 9.23 Å². The van der Waals surface area contributed by atoms with Crippen molar-refractivity contribution in [3.8, 4) is 0 Å². The molecule has 1 aliphatic rings. The average Bonchev–Trinajstić information content (AvgIpc) is 1.83. The number of allylic oxidation sites excluding steroid dienone is 2. The van der Waals surface area contributed by atoms with E-state index in [1.54, 1.807) is 6.08 Å². The normalized spacial score (nSPS) is 29.3. The first-order valence-electron chi connectivity index (χ1n) is 3.39. The fourth-order valence-electron chi connectivity index (χ4n) is 0.930. The molecule has 67 valence electrons. The molecule has 0 aromatic carbocycles. The van der Waals surface area contributed by atoms with Crippen LogP contribution in [0.25, 0.3) is 0 Å². The molecule has 1 rings (SSSR count). The fraction of sp³-hybridized carbons (Fsp3) is 0.375. The largest absolute Gasteiger partial charge is 0.523 e. The molecule has 0 N–H and O–H groups in total. The van der Waals surface area contributed by atoms with Crippen molar-refractivity contribution < 1.29 is 17.9 Å². The third-order valence-electron chi connectivity index (χ3n) is 1.41. The Hall–Kier alpha value is -0.770. The molecule has 0 aliphatic heterocycles. The molecule has 12 heavy (non-hydrogen) atoms. The molecule has 1 nitrogen and oxygen atoms in total. The summed E-state index contributed by atoms with van der Waals surface area (Å²) in [6.45, 7) is 1.35. The molecular weight excluding hydrogens is 169 g/mol. The first-order chi connectivity index (χ1) is 5.41. The zero-order chi connectivity index (χ0) is 9.24. The molecule has 0 bridgehead atoms. The van der Waals surface area contributed by atoms with E-state index in [2.05, 4.69) is 4.74 Å². The number of rotatable bonds is 1. The summed E-state index contributed by atoms with van der Waals surface area (Å²) in [6.07, 6.45) is 2.78. The van der Waals surface area contributed by atoms with Crippen molar-refractivity contribution in [1.82, 2.24) is 0 Å². The SMILES string of the molecule is CC1(OC(F)(F)F)[CH]C=CC=C1. The maximum Gasteiger partial charge on any atom is 0.523 e. The van der Waals surface area contributed by atoms with Gasteiger partial charge in [0.15, 0.2) is 0 Å². The Bertz CT molecular complexity index is 217. The Labute approximate surface area is 68.5 Å². The van der Waals surface area contributed by atoms with Crippen LogP contribution in [0.15, 0.2) is 24.3 Å². The summed E-state index contributed by atoms with van der Waals surface area (Å²) in [7, 11) is 0. The Kier molecular flexibility index (Phi) is 2.28. The summed E-state index contributed by atoms with van der Waals surface area (Å²) in [5.74, 6) is 0. The van der Waals surface area contributed by atoms with Crippen molar-refractivity contribution in [3.63, 3.8) is 0 Å². The first kappa shape index (κ1) is 9.32. The highest BCUT2D eigenvalue weighted by molar-refractivity contribution is 5.26. The standard InChI is InChI=1S/C8H8F3O/c1-7(12-8(9,10)11)5-3-2-4-6-7/h2-6H,1H3. The van der Waals surface area contributed by atoms with Gasteiger partial charge in [-0.2, -0.15) is 0 Å². The van der Waals surface area contributed by atoms with Gasteiger partial charge < -0.3 is 0 Å². The Morgan fingerprint density at radius 2 is 1.83 bits per heavy atom. The monoisotopic (exact) mass is 177 g/mol. The molecular formula is C8H8F3O. The van der Waals surface area contributed by atoms with E-state index in [0.29, 0.717) is 0 Å². The number of halogens is 3. The molecule has 0 aromatic rings. The van der Waals surface area contributed by atoms with Crippen LogP contribution in [-0.4, -0.2) is 12.0 Å². The van der Waals surface area contributed by atoms with Gasteiger partial charge in [-0.25, -0.2) is 0 Å². The van der Waals surface area contributed by atoms with Crippen molar-refractivity contribution in [1.29, 1.82) is 0 Å². The molecule has 0 saturated heterocycles. The Balaban J connectivity index is 2.62. The van der Waals surface area contributed by atoms with Gasteiger partial charge in [-0.05, 0) is 6.92 Å². The van der Waals surface area contributed by atoms with Gasteiger partial charge >= 0.3 is 6.36 Å². The van der Waals surface area contributed by atoms with Crippen LogP contribution in [0.1, 0.15) is 6.92 Å². The molecule has 1 radical (unpaired) electrons. The molecule has 0 spiro atoms. The third kappa shape index (κ3) is 2.70. The highest BCUT2D eigenvalue weighted by Crippen LogP contribution is 2.29. The van der Waals surface area contributed by atoms with Crippen LogP contribution in [0.4, 0.5) is 13.2 Å². The van der Waals surface area contributed by atoms with Gasteiger partial charge in [0, 0.05) is 6.42 Å². The van der Waals surface area contributed by atoms with Crippen molar-refractivity contribution in [3.05, 3.63) is 30.7 Å². The van der Waals surface area contributed by atoms with Gasteiger partial charge in [0.05, 0.1) is 0 Å². The molecule has 1 aliphatic carbocycles. The van der Waals surface area contributed by atoms with E-state index in [9.17, 15) is 13.2 Å². The van der Waals surface area contributed by atoms with Gasteiger partial charge in [-0.1, -0.05) is 24.3 Å². The van der Waals surface area contributed by atoms with Gasteiger partial charge in [0.2, 0.25) is 0 Å². The molecule has 0 aromatic heterocycles. The third-order valence-corrected chi connectivity index (χ3v) is 1.41. The minimum Gasteiger partial charge on any atom is -0.281 e. The molecule has 0 saturated carbocycles. The summed E-state index contributed by atoms with van der Waals surface area (Å²) in [4.78, 5) is 0. The molecule has 0 heterocycles. The second-order valence-corrected chi connectivity index (χ2v) is 2.64. The number of ether oxygens (including phenoxy) is 1. The summed E-state index contributed by atoms with van der Waals surface area (Å²) in [5, 5.41) is 0. The minimum atomic E-state index is -4.60. The van der Waals surface area contributed by atoms with Crippen LogP contribution < -0.4 is 0 Å². The van der Waals surface area contributed by atoms with E-state index in [-0.39, 0.29) is 0 Å². The van der Waals surface area contributed by atoms with Crippen LogP contribution in [0.2, 0.25) is 0 Å². The van der Waals surface area contributed by atoms with E-state index < -0.39 is 12.0 Å². The minimum absolute atomic E-state index is 1.35. The predicted octanol–water partition coefficient (Wildman–Crippen LogP) is 2.61. The van der Waals surface area contributed by atoms with Crippen molar-refractivity contribution in [2.45, 2.75) is 18.9 Å². The highest BCUT2D eigenvalue weighted by Gasteiger charge is 2.39. The summed E-state index contributed by atoms with van der Waals surface area (Å²) in [5.41, 5.74) is -1.35. The summed E-state index contributed by atoms with van der Waals surface area (Å²) < 4.78 is 39.2. The van der Waals surface area contributed by atoms with Crippen molar-refractivity contribution >= 4 is 0 Å². The van der Waals surface area contributed by atoms with E-state index >= 15 is 0 Å². The Morgan fingerprint density at radius 3 is 2.25 bits per heavy atom. The molecule has 0 amide bonds. The van der Waals surface area contributed by atoms with Crippen molar-refractivity contribution in [2.75, 3.05) is 0 Å².